The number of carboxylic acid groups (broad SMARTS) is 2. The van der Waals surface area contributed by atoms with E-state index in [0.717, 1.165) is 60.4 Å². The Hall–Kier alpha value is -6.75. The van der Waals surface area contributed by atoms with Gasteiger partial charge in [-0.2, -0.15) is 13.2 Å². The number of carboxylic acids is 2. The summed E-state index contributed by atoms with van der Waals surface area (Å²) in [5.74, 6) is -1.62. The van der Waals surface area contributed by atoms with Gasteiger partial charge in [0.2, 0.25) is 11.8 Å². The molecule has 4 heterocycles. The van der Waals surface area contributed by atoms with Gasteiger partial charge in [-0.3, -0.25) is 14.5 Å². The summed E-state index contributed by atoms with van der Waals surface area (Å²) in [6.45, 7) is 7.42. The summed E-state index contributed by atoms with van der Waals surface area (Å²) in [5, 5.41) is 16.5. The maximum atomic E-state index is 13.6. The Kier molecular flexibility index (Phi) is 13.5. The second-order valence-corrected chi connectivity index (χ2v) is 13.5. The lowest BCUT2D eigenvalue weighted by molar-refractivity contribution is -0.137. The van der Waals surface area contributed by atoms with Gasteiger partial charge in [0.25, 0.3) is 11.8 Å². The van der Waals surface area contributed by atoms with Crippen molar-refractivity contribution >= 4 is 40.3 Å². The number of carbonyl (C=O) groups is 4. The minimum Gasteiger partial charge on any atom is -0.478 e. The van der Waals surface area contributed by atoms with Crippen LogP contribution in [0.4, 0.5) is 18.9 Å². The van der Waals surface area contributed by atoms with E-state index in [1.54, 1.807) is 18.2 Å². The molecule has 1 aliphatic rings. The van der Waals surface area contributed by atoms with Crippen molar-refractivity contribution in [2.24, 2.45) is 7.05 Å². The van der Waals surface area contributed by atoms with Crippen LogP contribution in [0.2, 0.25) is 0 Å². The van der Waals surface area contributed by atoms with Gasteiger partial charge in [0.15, 0.2) is 0 Å². The Morgan fingerprint density at radius 3 is 2.03 bits per heavy atom. The van der Waals surface area contributed by atoms with Crippen molar-refractivity contribution < 1.29 is 52.0 Å². The van der Waals surface area contributed by atoms with Gasteiger partial charge < -0.3 is 34.1 Å². The van der Waals surface area contributed by atoms with Crippen molar-refractivity contribution in [1.29, 1.82) is 0 Å². The van der Waals surface area contributed by atoms with Crippen LogP contribution in [-0.4, -0.2) is 97.6 Å². The van der Waals surface area contributed by atoms with Crippen LogP contribution < -0.4 is 14.4 Å². The fraction of sp³-hybridized carbons (Fsp3) is 0.268. The molecule has 0 radical (unpaired) electrons. The third-order valence-electron chi connectivity index (χ3n) is 8.92. The maximum Gasteiger partial charge on any atom is 0.416 e. The number of anilines is 1. The van der Waals surface area contributed by atoms with Crippen LogP contribution in [-0.2, 0) is 29.4 Å². The number of fused-ring (bicyclic) bond motifs is 1. The van der Waals surface area contributed by atoms with Crippen molar-refractivity contribution in [3.05, 3.63) is 120 Å². The van der Waals surface area contributed by atoms with Gasteiger partial charge in [-0.15, -0.1) is 0 Å². The van der Waals surface area contributed by atoms with Gasteiger partial charge in [0, 0.05) is 93.8 Å². The standard InChI is InChI=1S/C37H37F3N6O4.C4H4O4/c1-24(2)49-33-13-5-25(21-41-33)23-45-15-17-46(18-16-45)36(48)32-20-27-19-30(11-12-31(27)44(32)4)50-34-14-10-29(22-42-34)43(3)35(47)26-6-8-28(9-7-26)37(38,39)40;5-3(6)1-2-4(7)8/h5-14,19-22,24H,15-18,23H2,1-4H3;1-2H,(H,5,6)(H,7,8). The van der Waals surface area contributed by atoms with Crippen molar-refractivity contribution in [1.82, 2.24) is 24.3 Å². The number of benzene rings is 2. The average molecular weight is 803 g/mol. The highest BCUT2D eigenvalue weighted by Crippen LogP contribution is 2.31. The summed E-state index contributed by atoms with van der Waals surface area (Å²) in [7, 11) is 3.38. The average Bonchev–Trinajstić information content (AvgIpc) is 3.52. The number of rotatable bonds is 11. The molecular formula is C41H41F3N6O8. The number of pyridine rings is 2. The number of nitrogens with zero attached hydrogens (tertiary/aromatic N) is 6. The number of hydrogen-bond donors (Lipinski definition) is 2. The van der Waals surface area contributed by atoms with Crippen molar-refractivity contribution in [3.63, 3.8) is 0 Å². The number of piperazine rings is 1. The summed E-state index contributed by atoms with van der Waals surface area (Å²) < 4.78 is 52.2. The van der Waals surface area contributed by atoms with Crippen LogP contribution in [0.1, 0.15) is 45.8 Å². The Balaban J connectivity index is 0.000000725. The van der Waals surface area contributed by atoms with Crippen LogP contribution in [0.5, 0.6) is 17.5 Å². The second kappa shape index (κ2) is 18.5. The molecule has 6 rings (SSSR count). The van der Waals surface area contributed by atoms with Gasteiger partial charge in [-0.25, -0.2) is 19.6 Å². The molecule has 0 spiro atoms. The molecule has 2 aromatic carbocycles. The highest BCUT2D eigenvalue weighted by atomic mass is 19.4. The number of alkyl halides is 3. The zero-order valence-electron chi connectivity index (χ0n) is 32.0. The minimum absolute atomic E-state index is 0.0325. The first-order valence-corrected chi connectivity index (χ1v) is 17.9. The van der Waals surface area contributed by atoms with E-state index in [9.17, 15) is 32.3 Å². The predicted molar refractivity (Wildman–Crippen MR) is 207 cm³/mol. The molecule has 0 saturated carbocycles. The van der Waals surface area contributed by atoms with E-state index in [0.29, 0.717) is 48.3 Å². The number of halogens is 3. The summed E-state index contributed by atoms with van der Waals surface area (Å²) in [5.41, 5.74) is 2.28. The number of aromatic nitrogens is 3. The zero-order chi connectivity index (χ0) is 42.1. The molecule has 2 amide bonds. The van der Waals surface area contributed by atoms with Gasteiger partial charge in [0.05, 0.1) is 23.6 Å². The van der Waals surface area contributed by atoms with E-state index in [-0.39, 0.29) is 23.5 Å². The maximum absolute atomic E-state index is 13.6. The molecule has 1 fully saturated rings. The lowest BCUT2D eigenvalue weighted by atomic mass is 10.1. The van der Waals surface area contributed by atoms with Gasteiger partial charge in [-0.1, -0.05) is 6.07 Å². The number of hydrogen-bond acceptors (Lipinski definition) is 9. The van der Waals surface area contributed by atoms with Crippen LogP contribution in [0.25, 0.3) is 10.9 Å². The fourth-order valence-electron chi connectivity index (χ4n) is 5.95. The van der Waals surface area contributed by atoms with E-state index in [4.69, 9.17) is 19.7 Å². The van der Waals surface area contributed by atoms with E-state index in [1.165, 1.54) is 18.1 Å². The van der Waals surface area contributed by atoms with E-state index in [2.05, 4.69) is 14.9 Å². The van der Waals surface area contributed by atoms with Crippen LogP contribution in [0, 0.1) is 0 Å². The SMILES string of the molecule is CC(C)Oc1ccc(CN2CCN(C(=O)c3cc4cc(Oc5ccc(N(C)C(=O)c6ccc(C(F)(F)F)cc6)cn5)ccc4n3C)CC2)cn1.O=C(O)C=CC(=O)O. The number of ether oxygens (including phenoxy) is 2. The minimum atomic E-state index is -4.48. The number of amides is 2. The van der Waals surface area contributed by atoms with Crippen LogP contribution >= 0.6 is 0 Å². The van der Waals surface area contributed by atoms with Crippen molar-refractivity contribution in [2.75, 3.05) is 38.1 Å². The molecule has 0 atom stereocenters. The summed E-state index contributed by atoms with van der Waals surface area (Å²) in [6.07, 6.45) is -0.00745. The van der Waals surface area contributed by atoms with Gasteiger partial charge in [-0.05, 0) is 74.0 Å². The Morgan fingerprint density at radius 1 is 0.845 bits per heavy atom. The third-order valence-corrected chi connectivity index (χ3v) is 8.92. The first kappa shape index (κ1) is 42.4. The molecule has 3 aromatic heterocycles. The first-order chi connectivity index (χ1) is 27.5. The molecule has 2 N–H and O–H groups in total. The molecule has 14 nitrogen and oxygen atoms in total. The molecule has 0 aliphatic carbocycles. The highest BCUT2D eigenvalue weighted by Gasteiger charge is 2.30. The molecular weight excluding hydrogens is 761 g/mol. The van der Waals surface area contributed by atoms with Crippen molar-refractivity contribution in [3.8, 4) is 17.5 Å². The normalized spacial score (nSPS) is 13.3. The number of aryl methyl sites for hydroxylation is 1. The summed E-state index contributed by atoms with van der Waals surface area (Å²) in [4.78, 5) is 59.7. The Labute approximate surface area is 331 Å². The molecule has 1 aliphatic heterocycles. The molecule has 1 saturated heterocycles. The smallest absolute Gasteiger partial charge is 0.416 e. The van der Waals surface area contributed by atoms with Gasteiger partial charge in [0.1, 0.15) is 11.4 Å². The van der Waals surface area contributed by atoms with Crippen molar-refractivity contribution in [2.45, 2.75) is 32.7 Å². The fourth-order valence-corrected chi connectivity index (χ4v) is 5.95. The summed E-state index contributed by atoms with van der Waals surface area (Å²) >= 11 is 0. The summed E-state index contributed by atoms with van der Waals surface area (Å²) in [6, 6.07) is 18.6. The molecule has 0 unspecified atom stereocenters. The predicted octanol–water partition coefficient (Wildman–Crippen LogP) is 6.51. The highest BCUT2D eigenvalue weighted by molar-refractivity contribution is 6.05. The molecule has 58 heavy (non-hydrogen) atoms. The van der Waals surface area contributed by atoms with Crippen LogP contribution in [0.3, 0.4) is 0 Å². The molecule has 17 heteroatoms. The Bertz CT molecular complexity index is 2250. The first-order valence-electron chi connectivity index (χ1n) is 17.9. The molecule has 0 bridgehead atoms. The van der Waals surface area contributed by atoms with E-state index < -0.39 is 29.6 Å². The molecule has 304 valence electrons. The molecule has 5 aromatic rings. The quantitative estimate of drug-likeness (QED) is 0.140. The largest absolute Gasteiger partial charge is 0.478 e. The lowest BCUT2D eigenvalue weighted by Crippen LogP contribution is -2.48. The lowest BCUT2D eigenvalue weighted by Gasteiger charge is -2.34. The monoisotopic (exact) mass is 802 g/mol. The number of carbonyl (C=O) groups excluding carboxylic acids is 2. The Morgan fingerprint density at radius 2 is 1.48 bits per heavy atom. The topological polar surface area (TPSA) is 168 Å². The van der Waals surface area contributed by atoms with Crippen LogP contribution in [0.15, 0.2) is 97.3 Å². The zero-order valence-corrected chi connectivity index (χ0v) is 32.0. The second-order valence-electron chi connectivity index (χ2n) is 13.5. The van der Waals surface area contributed by atoms with E-state index >= 15 is 0 Å². The van der Waals surface area contributed by atoms with E-state index in [1.807, 2.05) is 66.9 Å². The number of aliphatic carboxylic acids is 2. The van der Waals surface area contributed by atoms with Gasteiger partial charge >= 0.3 is 18.1 Å². The third kappa shape index (κ3) is 11.2.